The van der Waals surface area contributed by atoms with Gasteiger partial charge in [-0.15, -0.1) is 0 Å². The number of benzene rings is 1. The third-order valence-corrected chi connectivity index (χ3v) is 4.43. The zero-order valence-corrected chi connectivity index (χ0v) is 14.2. The third kappa shape index (κ3) is 4.45. The van der Waals surface area contributed by atoms with Crippen molar-refractivity contribution in [1.82, 2.24) is 5.32 Å². The summed E-state index contributed by atoms with van der Waals surface area (Å²) >= 11 is 7.04. The molecular weight excluding hydrogens is 374 g/mol. The Morgan fingerprint density at radius 3 is 2.74 bits per heavy atom. The van der Waals surface area contributed by atoms with Crippen molar-refractivity contribution in [1.29, 1.82) is 0 Å². The van der Waals surface area contributed by atoms with E-state index in [0.29, 0.717) is 0 Å². The van der Waals surface area contributed by atoms with Gasteiger partial charge in [0.15, 0.2) is 0 Å². The number of nitrogens with one attached hydrogen (secondary N) is 1. The first-order valence-corrected chi connectivity index (χ1v) is 8.09. The van der Waals surface area contributed by atoms with Crippen molar-refractivity contribution in [3.63, 3.8) is 0 Å². The molecular formula is C14H19Br2NO2. The number of rotatable bonds is 5. The molecule has 1 N–H and O–H groups in total. The Morgan fingerprint density at radius 2 is 2.05 bits per heavy atom. The average Bonchev–Trinajstić information content (AvgIpc) is 2.39. The molecule has 0 aromatic heterocycles. The second-order valence-corrected chi connectivity index (χ2v) is 6.54. The molecule has 0 saturated carbocycles. The highest BCUT2D eigenvalue weighted by Crippen LogP contribution is 2.32. The van der Waals surface area contributed by atoms with E-state index in [4.69, 9.17) is 9.47 Å². The summed E-state index contributed by atoms with van der Waals surface area (Å²) in [4.78, 5) is 0. The van der Waals surface area contributed by atoms with Gasteiger partial charge >= 0.3 is 0 Å². The van der Waals surface area contributed by atoms with Crippen molar-refractivity contribution in [2.75, 3.05) is 26.9 Å². The Balaban J connectivity index is 1.91. The zero-order chi connectivity index (χ0) is 13.7. The maximum Gasteiger partial charge on any atom is 0.137 e. The monoisotopic (exact) mass is 391 g/mol. The largest absolute Gasteiger partial charge is 0.495 e. The van der Waals surface area contributed by atoms with Crippen molar-refractivity contribution in [2.45, 2.75) is 19.4 Å². The Bertz CT molecular complexity index is 420. The molecule has 1 fully saturated rings. The second kappa shape index (κ2) is 7.62. The highest BCUT2D eigenvalue weighted by molar-refractivity contribution is 9.11. The average molecular weight is 393 g/mol. The van der Waals surface area contributed by atoms with E-state index in [2.05, 4.69) is 43.2 Å². The van der Waals surface area contributed by atoms with Gasteiger partial charge in [0.2, 0.25) is 0 Å². The first-order valence-electron chi connectivity index (χ1n) is 6.51. The van der Waals surface area contributed by atoms with Crippen LogP contribution < -0.4 is 10.1 Å². The standard InChI is InChI=1S/C14H19Br2NO2/c1-18-14-11(6-12(15)7-13(14)16)9-17-8-10-2-4-19-5-3-10/h6-7,10,17H,2-5,8-9H2,1H3. The number of ether oxygens (including phenoxy) is 2. The van der Waals surface area contributed by atoms with Crippen LogP contribution in [0.3, 0.4) is 0 Å². The van der Waals surface area contributed by atoms with Gasteiger partial charge in [-0.25, -0.2) is 0 Å². The lowest BCUT2D eigenvalue weighted by atomic mass is 10.0. The fraction of sp³-hybridized carbons (Fsp3) is 0.571. The molecule has 1 heterocycles. The van der Waals surface area contributed by atoms with E-state index >= 15 is 0 Å². The molecule has 0 amide bonds. The van der Waals surface area contributed by atoms with Gasteiger partial charge in [0.25, 0.3) is 0 Å². The summed E-state index contributed by atoms with van der Waals surface area (Å²) in [5, 5.41) is 3.52. The van der Waals surface area contributed by atoms with E-state index in [-0.39, 0.29) is 0 Å². The number of hydrogen-bond acceptors (Lipinski definition) is 3. The van der Waals surface area contributed by atoms with Gasteiger partial charge in [-0.3, -0.25) is 0 Å². The highest BCUT2D eigenvalue weighted by Gasteiger charge is 2.14. The van der Waals surface area contributed by atoms with Crippen LogP contribution in [0.2, 0.25) is 0 Å². The predicted molar refractivity (Wildman–Crippen MR) is 83.6 cm³/mol. The fourth-order valence-corrected chi connectivity index (χ4v) is 3.81. The summed E-state index contributed by atoms with van der Waals surface area (Å²) in [6, 6.07) is 4.10. The van der Waals surface area contributed by atoms with Crippen LogP contribution in [0.5, 0.6) is 5.75 Å². The van der Waals surface area contributed by atoms with Crippen LogP contribution in [-0.4, -0.2) is 26.9 Å². The molecule has 1 aliphatic heterocycles. The van der Waals surface area contributed by atoms with Crippen LogP contribution in [0.4, 0.5) is 0 Å². The summed E-state index contributed by atoms with van der Waals surface area (Å²) in [6.07, 6.45) is 2.32. The first kappa shape index (κ1) is 15.3. The molecule has 0 radical (unpaired) electrons. The lowest BCUT2D eigenvalue weighted by Crippen LogP contribution is -2.27. The minimum absolute atomic E-state index is 0.732. The Morgan fingerprint density at radius 1 is 1.32 bits per heavy atom. The quantitative estimate of drug-likeness (QED) is 0.827. The lowest BCUT2D eigenvalue weighted by molar-refractivity contribution is 0.0662. The lowest BCUT2D eigenvalue weighted by Gasteiger charge is -2.22. The summed E-state index contributed by atoms with van der Waals surface area (Å²) in [6.45, 7) is 3.66. The Kier molecular flexibility index (Phi) is 6.13. The molecule has 1 aromatic carbocycles. The van der Waals surface area contributed by atoms with E-state index in [0.717, 1.165) is 65.3 Å². The molecule has 0 aliphatic carbocycles. The van der Waals surface area contributed by atoms with Gasteiger partial charge in [0.1, 0.15) is 5.75 Å². The van der Waals surface area contributed by atoms with E-state index in [1.165, 1.54) is 0 Å². The number of methoxy groups -OCH3 is 1. The summed E-state index contributed by atoms with van der Waals surface area (Å²) in [5.74, 6) is 1.64. The second-order valence-electron chi connectivity index (χ2n) is 4.77. The summed E-state index contributed by atoms with van der Waals surface area (Å²) < 4.78 is 12.9. The molecule has 0 spiro atoms. The van der Waals surface area contributed by atoms with E-state index < -0.39 is 0 Å². The van der Waals surface area contributed by atoms with Gasteiger partial charge in [0.05, 0.1) is 11.6 Å². The third-order valence-electron chi connectivity index (χ3n) is 3.38. The molecule has 5 heteroatoms. The molecule has 3 nitrogen and oxygen atoms in total. The first-order chi connectivity index (χ1) is 9.20. The van der Waals surface area contributed by atoms with Crippen molar-refractivity contribution in [3.8, 4) is 5.75 Å². The topological polar surface area (TPSA) is 30.5 Å². The maximum absolute atomic E-state index is 5.45. The molecule has 1 saturated heterocycles. The zero-order valence-electron chi connectivity index (χ0n) is 11.0. The van der Waals surface area contributed by atoms with Gasteiger partial charge in [-0.2, -0.15) is 0 Å². The van der Waals surface area contributed by atoms with Crippen LogP contribution >= 0.6 is 31.9 Å². The minimum atomic E-state index is 0.732. The summed E-state index contributed by atoms with van der Waals surface area (Å²) in [5.41, 5.74) is 1.16. The smallest absolute Gasteiger partial charge is 0.137 e. The molecule has 19 heavy (non-hydrogen) atoms. The van der Waals surface area contributed by atoms with Crippen LogP contribution in [0, 0.1) is 5.92 Å². The Hall–Kier alpha value is -0.100. The van der Waals surface area contributed by atoms with Gasteiger partial charge in [-0.05, 0) is 53.4 Å². The maximum atomic E-state index is 5.45. The SMILES string of the molecule is COc1c(Br)cc(Br)cc1CNCC1CCOCC1. The molecule has 0 bridgehead atoms. The Labute approximate surface area is 131 Å². The van der Waals surface area contributed by atoms with Crippen molar-refractivity contribution in [2.24, 2.45) is 5.92 Å². The normalized spacial score (nSPS) is 16.6. The van der Waals surface area contributed by atoms with E-state index in [1.54, 1.807) is 7.11 Å². The molecule has 0 unspecified atom stereocenters. The van der Waals surface area contributed by atoms with Crippen molar-refractivity contribution >= 4 is 31.9 Å². The van der Waals surface area contributed by atoms with Crippen LogP contribution in [0.15, 0.2) is 21.1 Å². The van der Waals surface area contributed by atoms with Crippen molar-refractivity contribution < 1.29 is 9.47 Å². The van der Waals surface area contributed by atoms with E-state index in [9.17, 15) is 0 Å². The van der Waals surface area contributed by atoms with Crippen molar-refractivity contribution in [3.05, 3.63) is 26.6 Å². The van der Waals surface area contributed by atoms with Crippen LogP contribution in [0.1, 0.15) is 18.4 Å². The molecule has 1 aromatic rings. The highest BCUT2D eigenvalue weighted by atomic mass is 79.9. The predicted octanol–water partition coefficient (Wildman–Crippen LogP) is 3.74. The number of halogens is 2. The fourth-order valence-electron chi connectivity index (χ4n) is 2.34. The molecule has 0 atom stereocenters. The molecule has 2 rings (SSSR count). The summed E-state index contributed by atoms with van der Waals surface area (Å²) in [7, 11) is 1.70. The molecule has 1 aliphatic rings. The van der Waals surface area contributed by atoms with Gasteiger partial charge in [0, 0.05) is 29.8 Å². The van der Waals surface area contributed by atoms with Gasteiger partial charge < -0.3 is 14.8 Å². The molecule has 106 valence electrons. The van der Waals surface area contributed by atoms with Gasteiger partial charge in [-0.1, -0.05) is 15.9 Å². The number of hydrogen-bond donors (Lipinski definition) is 1. The van der Waals surface area contributed by atoms with E-state index in [1.807, 2.05) is 6.07 Å². The minimum Gasteiger partial charge on any atom is -0.495 e. The van der Waals surface area contributed by atoms with Crippen LogP contribution in [0.25, 0.3) is 0 Å². The van der Waals surface area contributed by atoms with Crippen LogP contribution in [-0.2, 0) is 11.3 Å².